The minimum Gasteiger partial charge on any atom is -0.452 e. The molecule has 0 fully saturated rings. The maximum Gasteiger partial charge on any atom is 0.423 e. The fourth-order valence-corrected chi connectivity index (χ4v) is 12.5. The number of nitrogens with zero attached hydrogens (tertiary/aromatic N) is 4. The van der Waals surface area contributed by atoms with Gasteiger partial charge in [-0.1, -0.05) is 24.3 Å². The maximum absolute atomic E-state index is 14.4. The Morgan fingerprint density at radius 2 is 1.09 bits per heavy atom. The number of ether oxygens (including phenoxy) is 1. The smallest absolute Gasteiger partial charge is 0.423 e. The summed E-state index contributed by atoms with van der Waals surface area (Å²) in [4.78, 5) is 11.4. The first-order chi connectivity index (χ1) is 21.7. The summed E-state index contributed by atoms with van der Waals surface area (Å²) in [7, 11) is -2.91. The Balaban J connectivity index is 1.33. The van der Waals surface area contributed by atoms with E-state index in [-0.39, 0.29) is 11.8 Å². The molecule has 7 aliphatic rings. The molecule has 5 aliphatic heterocycles. The van der Waals surface area contributed by atoms with Crippen LogP contribution in [0.1, 0.15) is 56.6 Å². The van der Waals surface area contributed by atoms with E-state index in [0.717, 1.165) is 76.8 Å². The Labute approximate surface area is 254 Å². The molecule has 2 aliphatic carbocycles. The predicted molar refractivity (Wildman–Crippen MR) is 156 cm³/mol. The van der Waals surface area contributed by atoms with Gasteiger partial charge in [0.15, 0.2) is 35.0 Å². The summed E-state index contributed by atoms with van der Waals surface area (Å²) in [6.07, 6.45) is 7.86. The third-order valence-electron chi connectivity index (χ3n) is 10.9. The highest BCUT2D eigenvalue weighted by molar-refractivity contribution is 7.85. The summed E-state index contributed by atoms with van der Waals surface area (Å²) in [5.41, 5.74) is 12.0. The minimum absolute atomic E-state index is 0.117. The van der Waals surface area contributed by atoms with Crippen molar-refractivity contribution in [1.82, 2.24) is 9.97 Å². The minimum atomic E-state index is -1.45. The van der Waals surface area contributed by atoms with Crippen LogP contribution in [0.3, 0.4) is 0 Å². The quantitative estimate of drug-likeness (QED) is 0.241. The predicted octanol–water partition coefficient (Wildman–Crippen LogP) is 4.36. The van der Waals surface area contributed by atoms with E-state index < -0.39 is 27.3 Å². The molecule has 6 aromatic rings. The van der Waals surface area contributed by atoms with Crippen molar-refractivity contribution < 1.29 is 22.3 Å². The molecule has 0 radical (unpaired) electrons. The lowest BCUT2D eigenvalue weighted by molar-refractivity contribution is -0.979. The first-order valence-electron chi connectivity index (χ1n) is 14.6. The van der Waals surface area contributed by atoms with E-state index in [4.69, 9.17) is 14.7 Å². The van der Waals surface area contributed by atoms with Crippen molar-refractivity contribution in [3.63, 3.8) is 0 Å². The molecule has 4 unspecified atom stereocenters. The summed E-state index contributed by atoms with van der Waals surface area (Å²) in [6.45, 7) is 0. The second kappa shape index (κ2) is 6.47. The van der Waals surface area contributed by atoms with E-state index in [9.17, 15) is 8.42 Å². The molecule has 204 valence electrons. The Morgan fingerprint density at radius 3 is 1.59 bits per heavy atom. The Kier molecular flexibility index (Phi) is 3.20. The van der Waals surface area contributed by atoms with E-state index in [2.05, 4.69) is 57.9 Å². The van der Waals surface area contributed by atoms with Gasteiger partial charge in [-0.3, -0.25) is 0 Å². The third-order valence-corrected chi connectivity index (χ3v) is 13.8. The standard InChI is InChI=1S/C35H16N4O3S2/c40-43-21-9-1-5-15-17-7-3-11-38-31(17)25(23(15)21)27-29-19(13-36-33(27)43)42-20-14-37-34-28-26-24-16(6-2-10-22(24)44(34)41)18-8-4-12-39(32(18)26)35(29,38)30(20)28/h1-14,25-26H/q+2. The fourth-order valence-electron chi connectivity index (χ4n) is 9.70. The van der Waals surface area contributed by atoms with E-state index in [0.29, 0.717) is 21.6 Å². The van der Waals surface area contributed by atoms with Crippen molar-refractivity contribution in [3.8, 4) is 33.8 Å². The number of pyridine rings is 4. The van der Waals surface area contributed by atoms with Gasteiger partial charge in [-0.05, 0) is 46.5 Å². The Morgan fingerprint density at radius 1 is 0.614 bits per heavy atom. The van der Waals surface area contributed by atoms with E-state index >= 15 is 0 Å². The molecule has 0 amide bonds. The first kappa shape index (κ1) is 21.8. The van der Waals surface area contributed by atoms with Gasteiger partial charge < -0.3 is 4.74 Å². The van der Waals surface area contributed by atoms with Gasteiger partial charge >= 0.3 is 5.66 Å². The molecule has 13 rings (SSSR count). The van der Waals surface area contributed by atoms with E-state index in [1.807, 2.05) is 24.3 Å². The number of aromatic nitrogens is 4. The summed E-state index contributed by atoms with van der Waals surface area (Å²) in [5, 5.41) is 1.19. The number of benzene rings is 2. The number of rotatable bonds is 0. The lowest BCUT2D eigenvalue weighted by Crippen LogP contribution is -2.80. The number of hydrogen-bond acceptors (Lipinski definition) is 5. The molecule has 2 aromatic carbocycles. The highest BCUT2D eigenvalue weighted by Crippen LogP contribution is 2.65. The molecule has 0 bridgehead atoms. The van der Waals surface area contributed by atoms with Crippen LogP contribution in [0.2, 0.25) is 0 Å². The summed E-state index contributed by atoms with van der Waals surface area (Å²) in [5.74, 6) is 1.05. The van der Waals surface area contributed by atoms with Crippen molar-refractivity contribution >= 4 is 21.6 Å². The summed E-state index contributed by atoms with van der Waals surface area (Å²) < 4.78 is 40.3. The molecule has 0 saturated carbocycles. The largest absolute Gasteiger partial charge is 0.452 e. The lowest BCUT2D eigenvalue weighted by Gasteiger charge is -2.43. The van der Waals surface area contributed by atoms with Gasteiger partial charge in [-0.15, -0.1) is 9.13 Å². The average molecular weight is 605 g/mol. The average Bonchev–Trinajstić information content (AvgIpc) is 3.59. The highest BCUT2D eigenvalue weighted by Gasteiger charge is 2.73. The molecule has 9 heteroatoms. The zero-order chi connectivity index (χ0) is 28.4. The Bertz CT molecular complexity index is 2430. The topological polar surface area (TPSA) is 76.9 Å². The van der Waals surface area contributed by atoms with Crippen LogP contribution in [0, 0.1) is 0 Å². The van der Waals surface area contributed by atoms with Crippen molar-refractivity contribution in [1.29, 1.82) is 0 Å². The molecular weight excluding hydrogens is 589 g/mol. The monoisotopic (exact) mass is 604 g/mol. The fraction of sp³-hybridized carbons (Fsp3) is 0.0857. The first-order valence-corrected chi connectivity index (χ1v) is 16.9. The number of hydrogen-bond donors (Lipinski definition) is 0. The van der Waals surface area contributed by atoms with E-state index in [1.54, 1.807) is 12.4 Å². The number of fused-ring (bicyclic) bond motifs is 2. The molecule has 0 saturated heterocycles. The molecule has 4 atom stereocenters. The molecule has 0 N–H and O–H groups in total. The van der Waals surface area contributed by atoms with E-state index in [1.165, 1.54) is 0 Å². The van der Waals surface area contributed by atoms with Crippen LogP contribution in [0.4, 0.5) is 0 Å². The molecule has 7 nitrogen and oxygen atoms in total. The molecule has 4 aromatic heterocycles. The van der Waals surface area contributed by atoms with Gasteiger partial charge in [-0.25, -0.2) is 18.4 Å². The molecule has 9 heterocycles. The second-order valence-electron chi connectivity index (χ2n) is 12.4. The highest BCUT2D eigenvalue weighted by atomic mass is 32.2. The zero-order valence-corrected chi connectivity index (χ0v) is 24.2. The van der Waals surface area contributed by atoms with Crippen LogP contribution in [0.15, 0.2) is 105 Å². The van der Waals surface area contributed by atoms with Crippen LogP contribution in [-0.4, -0.2) is 18.4 Å². The van der Waals surface area contributed by atoms with Gasteiger partial charge in [0.1, 0.15) is 43.5 Å². The van der Waals surface area contributed by atoms with Gasteiger partial charge in [-0.2, -0.15) is 0 Å². The SMILES string of the molecule is O=S1c2cccc3c2C2c4c1ncc1c4C4(c5c(cnc6c5C5c7c(cccc7S6=O)-c6ccc[n+]4c65)O1)[n+]1cccc-3c12. The summed E-state index contributed by atoms with van der Waals surface area (Å²) >= 11 is 0. The lowest BCUT2D eigenvalue weighted by atomic mass is 9.70. The van der Waals surface area contributed by atoms with Crippen molar-refractivity contribution in [2.24, 2.45) is 0 Å². The Hall–Kier alpha value is -4.86. The maximum atomic E-state index is 14.4. The van der Waals surface area contributed by atoms with Crippen LogP contribution < -0.4 is 13.9 Å². The van der Waals surface area contributed by atoms with Crippen LogP contribution in [-0.2, 0) is 27.3 Å². The van der Waals surface area contributed by atoms with Gasteiger partial charge in [0.2, 0.25) is 11.4 Å². The molecule has 44 heavy (non-hydrogen) atoms. The van der Waals surface area contributed by atoms with Crippen LogP contribution >= 0.6 is 0 Å². The summed E-state index contributed by atoms with van der Waals surface area (Å²) in [6, 6.07) is 20.9. The van der Waals surface area contributed by atoms with Crippen molar-refractivity contribution in [2.75, 3.05) is 0 Å². The van der Waals surface area contributed by atoms with Crippen LogP contribution in [0.25, 0.3) is 22.3 Å². The normalized spacial score (nSPS) is 25.7. The van der Waals surface area contributed by atoms with Gasteiger partial charge in [0, 0.05) is 23.3 Å². The van der Waals surface area contributed by atoms with Crippen molar-refractivity contribution in [2.45, 2.75) is 37.3 Å². The van der Waals surface area contributed by atoms with Crippen molar-refractivity contribution in [3.05, 3.63) is 130 Å². The molecule has 1 spiro atoms. The zero-order valence-electron chi connectivity index (χ0n) is 22.6. The second-order valence-corrected chi connectivity index (χ2v) is 15.1. The van der Waals surface area contributed by atoms with Gasteiger partial charge in [0.05, 0.1) is 33.3 Å². The third kappa shape index (κ3) is 1.87. The van der Waals surface area contributed by atoms with Gasteiger partial charge in [0.25, 0.3) is 0 Å². The molecular formula is C35H16N4O3S2+2. The van der Waals surface area contributed by atoms with Crippen LogP contribution in [0.5, 0.6) is 11.5 Å².